The molecule has 3 N–H and O–H groups in total. The van der Waals surface area contributed by atoms with E-state index >= 15 is 0 Å². The van der Waals surface area contributed by atoms with Gasteiger partial charge in [-0.25, -0.2) is 18.2 Å². The molecule has 0 bridgehead atoms. The van der Waals surface area contributed by atoms with E-state index in [9.17, 15) is 31.2 Å². The van der Waals surface area contributed by atoms with Crippen molar-refractivity contribution in [1.82, 2.24) is 29.4 Å². The van der Waals surface area contributed by atoms with Crippen LogP contribution >= 0.6 is 0 Å². The molecule has 0 spiro atoms. The van der Waals surface area contributed by atoms with E-state index in [-0.39, 0.29) is 23.7 Å². The van der Waals surface area contributed by atoms with Crippen LogP contribution in [0, 0.1) is 0 Å². The van der Waals surface area contributed by atoms with Crippen molar-refractivity contribution in [3.63, 3.8) is 0 Å². The highest BCUT2D eigenvalue weighted by Crippen LogP contribution is 2.31. The lowest BCUT2D eigenvalue weighted by Crippen LogP contribution is -2.39. The summed E-state index contributed by atoms with van der Waals surface area (Å²) >= 11 is 0. The van der Waals surface area contributed by atoms with Gasteiger partial charge in [-0.1, -0.05) is 12.1 Å². The zero-order valence-corrected chi connectivity index (χ0v) is 20.4. The molecule has 0 saturated heterocycles. The van der Waals surface area contributed by atoms with E-state index in [0.29, 0.717) is 24.5 Å². The molecule has 12 nitrogen and oxygen atoms in total. The molecule has 16 heteroatoms. The topological polar surface area (TPSA) is 154 Å². The Labute approximate surface area is 204 Å². The van der Waals surface area contributed by atoms with Crippen LogP contribution in [-0.4, -0.2) is 97.0 Å². The number of nitrogens with one attached hydrogen (secondary N) is 2. The van der Waals surface area contributed by atoms with E-state index in [1.165, 1.54) is 19.4 Å². The van der Waals surface area contributed by atoms with Crippen molar-refractivity contribution in [2.75, 3.05) is 40.8 Å². The Morgan fingerprint density at radius 3 is 2.36 bits per heavy atom. The van der Waals surface area contributed by atoms with Crippen LogP contribution in [0.25, 0.3) is 5.69 Å². The van der Waals surface area contributed by atoms with E-state index in [2.05, 4.69) is 15.6 Å². The second kappa shape index (κ2) is 11.5. The summed E-state index contributed by atoms with van der Waals surface area (Å²) in [5.74, 6) is -3.60. The molecule has 2 aromatic rings. The summed E-state index contributed by atoms with van der Waals surface area (Å²) in [6.45, 7) is 0.567. The first-order chi connectivity index (χ1) is 16.7. The number of likely N-dealkylation sites (N-methyl/N-ethyl adjacent to an activating group) is 2. The minimum Gasteiger partial charge on any atom is -0.475 e. The molecule has 0 fully saturated rings. The van der Waals surface area contributed by atoms with Gasteiger partial charge in [-0.05, 0) is 26.2 Å². The number of imidazole rings is 1. The summed E-state index contributed by atoms with van der Waals surface area (Å²) in [7, 11) is 1.28. The fourth-order valence-electron chi connectivity index (χ4n) is 3.04. The highest BCUT2D eigenvalue weighted by Gasteiger charge is 2.38. The maximum Gasteiger partial charge on any atom is 0.490 e. The van der Waals surface area contributed by atoms with Crippen molar-refractivity contribution < 1.29 is 41.1 Å². The number of amides is 2. The molecule has 1 aliphatic heterocycles. The number of rotatable bonds is 6. The van der Waals surface area contributed by atoms with Crippen LogP contribution in [0.15, 0.2) is 35.5 Å². The minimum atomic E-state index is -5.08. The van der Waals surface area contributed by atoms with Gasteiger partial charge in [0.15, 0.2) is 5.69 Å². The maximum atomic E-state index is 13.2. The van der Waals surface area contributed by atoms with E-state index in [1.54, 1.807) is 22.8 Å². The molecule has 1 aromatic carbocycles. The average molecular weight is 535 g/mol. The lowest BCUT2D eigenvalue weighted by Gasteiger charge is -2.19. The Hall–Kier alpha value is -3.50. The highest BCUT2D eigenvalue weighted by atomic mass is 32.2. The number of alkyl halides is 3. The summed E-state index contributed by atoms with van der Waals surface area (Å²) in [6.07, 6.45) is -3.64. The number of fused-ring (bicyclic) bond motifs is 3. The molecule has 1 aromatic heterocycles. The number of aliphatic carboxylic acids is 1. The molecule has 2 amide bonds. The molecular weight excluding hydrogens is 509 g/mol. The Morgan fingerprint density at radius 2 is 1.81 bits per heavy atom. The van der Waals surface area contributed by atoms with E-state index in [4.69, 9.17) is 9.90 Å². The van der Waals surface area contributed by atoms with Gasteiger partial charge in [-0.15, -0.1) is 0 Å². The van der Waals surface area contributed by atoms with Crippen molar-refractivity contribution in [1.29, 1.82) is 0 Å². The van der Waals surface area contributed by atoms with E-state index in [1.807, 2.05) is 19.0 Å². The quantitative estimate of drug-likeness (QED) is 0.470. The molecule has 0 aliphatic carbocycles. The molecule has 0 saturated carbocycles. The van der Waals surface area contributed by atoms with Gasteiger partial charge in [0.05, 0.1) is 24.5 Å². The fraction of sp³-hybridized carbons (Fsp3) is 0.400. The third kappa shape index (κ3) is 6.79. The molecule has 3 rings (SSSR count). The predicted octanol–water partition coefficient (Wildman–Crippen LogP) is 0.0473. The Kier molecular flexibility index (Phi) is 9.17. The maximum absolute atomic E-state index is 13.2. The Bertz CT molecular complexity index is 1230. The second-order valence-electron chi connectivity index (χ2n) is 7.69. The number of para-hydroxylation sites is 1. The molecule has 0 unspecified atom stereocenters. The molecule has 198 valence electrons. The van der Waals surface area contributed by atoms with Crippen LogP contribution in [0.3, 0.4) is 0 Å². The number of carbonyl (C=O) groups is 3. The van der Waals surface area contributed by atoms with Gasteiger partial charge in [0.25, 0.3) is 5.91 Å². The number of sulfonamides is 1. The van der Waals surface area contributed by atoms with Gasteiger partial charge in [-0.3, -0.25) is 14.2 Å². The molecule has 0 radical (unpaired) electrons. The Balaban J connectivity index is 0.000000572. The van der Waals surface area contributed by atoms with Crippen molar-refractivity contribution in [3.05, 3.63) is 42.0 Å². The second-order valence-corrected chi connectivity index (χ2v) is 9.59. The number of carbonyl (C=O) groups excluding carboxylic acids is 2. The molecule has 36 heavy (non-hydrogen) atoms. The van der Waals surface area contributed by atoms with E-state index in [0.717, 1.165) is 4.31 Å². The largest absolute Gasteiger partial charge is 0.490 e. The standard InChI is InChI=1S/C18H24N6O4S.C2HF3O2/c1-19-16(25)11-23-10-14-17(18(26)20-8-9-22(2)3)21-12-24(14)13-6-4-5-7-15(13)29(23,27)28;3-2(4,5)1(6)7/h4-7,12H,8-11H2,1-3H3,(H,19,25)(H,20,26);(H,6,7). The first kappa shape index (κ1) is 28.7. The summed E-state index contributed by atoms with van der Waals surface area (Å²) in [4.78, 5) is 39.7. The summed E-state index contributed by atoms with van der Waals surface area (Å²) < 4.78 is 60.7. The van der Waals surface area contributed by atoms with Crippen LogP contribution in [0.5, 0.6) is 0 Å². The average Bonchev–Trinajstić information content (AvgIpc) is 3.18. The van der Waals surface area contributed by atoms with Gasteiger partial charge in [0.2, 0.25) is 15.9 Å². The monoisotopic (exact) mass is 534 g/mol. The third-order valence-corrected chi connectivity index (χ3v) is 6.68. The van der Waals surface area contributed by atoms with Crippen molar-refractivity contribution >= 4 is 27.8 Å². The van der Waals surface area contributed by atoms with Gasteiger partial charge >= 0.3 is 12.1 Å². The van der Waals surface area contributed by atoms with Gasteiger partial charge < -0.3 is 20.6 Å². The van der Waals surface area contributed by atoms with Crippen LogP contribution in [0.1, 0.15) is 16.2 Å². The summed E-state index contributed by atoms with van der Waals surface area (Å²) in [6, 6.07) is 6.46. The number of hydrogen-bond acceptors (Lipinski definition) is 7. The molecular formula is C20H25F3N6O6S. The molecule has 0 atom stereocenters. The fourth-order valence-corrected chi connectivity index (χ4v) is 4.58. The number of halogens is 3. The van der Waals surface area contributed by atoms with Crippen LogP contribution in [-0.2, 0) is 26.2 Å². The predicted molar refractivity (Wildman–Crippen MR) is 120 cm³/mol. The number of carboxylic acids is 1. The number of hydrogen-bond donors (Lipinski definition) is 3. The number of benzene rings is 1. The van der Waals surface area contributed by atoms with Crippen LogP contribution in [0.4, 0.5) is 13.2 Å². The smallest absolute Gasteiger partial charge is 0.475 e. The molecule has 1 aliphatic rings. The minimum absolute atomic E-state index is 0.0552. The number of nitrogens with zero attached hydrogens (tertiary/aromatic N) is 4. The summed E-state index contributed by atoms with van der Waals surface area (Å²) in [5, 5.41) is 12.4. The van der Waals surface area contributed by atoms with Gasteiger partial charge in [-0.2, -0.15) is 17.5 Å². The van der Waals surface area contributed by atoms with Gasteiger partial charge in [0, 0.05) is 20.1 Å². The van der Waals surface area contributed by atoms with E-state index < -0.39 is 34.0 Å². The van der Waals surface area contributed by atoms with Crippen molar-refractivity contribution in [3.8, 4) is 5.69 Å². The first-order valence-electron chi connectivity index (χ1n) is 10.3. The third-order valence-electron chi connectivity index (χ3n) is 4.84. The van der Waals surface area contributed by atoms with Crippen molar-refractivity contribution in [2.24, 2.45) is 0 Å². The summed E-state index contributed by atoms with van der Waals surface area (Å²) in [5.41, 5.74) is 0.934. The van der Waals surface area contributed by atoms with Crippen LogP contribution in [0.2, 0.25) is 0 Å². The number of carboxylic acid groups (broad SMARTS) is 1. The van der Waals surface area contributed by atoms with Crippen molar-refractivity contribution in [2.45, 2.75) is 17.6 Å². The highest BCUT2D eigenvalue weighted by molar-refractivity contribution is 7.89. The zero-order valence-electron chi connectivity index (χ0n) is 19.5. The normalized spacial score (nSPS) is 14.5. The zero-order chi connectivity index (χ0) is 27.3. The first-order valence-corrected chi connectivity index (χ1v) is 11.7. The lowest BCUT2D eigenvalue weighted by molar-refractivity contribution is -0.192. The lowest BCUT2D eigenvalue weighted by atomic mass is 10.2. The van der Waals surface area contributed by atoms with Crippen LogP contribution < -0.4 is 10.6 Å². The SMILES string of the molecule is CNC(=O)CN1Cc2c(C(=O)NCCN(C)C)ncn2-c2ccccc2S1(=O)=O.O=C(O)C(F)(F)F. The Morgan fingerprint density at radius 1 is 1.19 bits per heavy atom. The molecule has 2 heterocycles. The number of aromatic nitrogens is 2. The van der Waals surface area contributed by atoms with Gasteiger partial charge in [0.1, 0.15) is 11.2 Å².